The van der Waals surface area contributed by atoms with Crippen molar-refractivity contribution in [3.63, 3.8) is 0 Å². The van der Waals surface area contributed by atoms with Crippen molar-refractivity contribution in [2.24, 2.45) is 137 Å². The highest BCUT2D eigenvalue weighted by molar-refractivity contribution is 7.52. The topological polar surface area (TPSA) is 1030 Å². The Kier molecular flexibility index (Phi) is 56.3. The van der Waals surface area contributed by atoms with Crippen LogP contribution in [-0.2, 0) is 66.4 Å². The summed E-state index contributed by atoms with van der Waals surface area (Å²) in [6.07, 6.45) is -4.43. The Morgan fingerprint density at radius 3 is 0.795 bits per heavy atom. The van der Waals surface area contributed by atoms with Gasteiger partial charge in [0.2, 0.25) is 47.3 Å². The number of carbonyl (C=O) groups excluding carboxylic acids is 10. The SMILES string of the molecule is NC(N)=NCCC[C@@H](C=O)NC(=O)[C@@H](CCCN=C(N)N)NC(=O)[C@@H](CCCN=C(N)N)NC(=O)[C@@H](CCCN=C(N)N)NC(=O)[C@H](CCCN=C(N)N)NC(=O)[C@@H](CCCN=C(N)N)NC(=O)[C@H](CCCN=C(N)N)NC(=O)[C@@H](CCCN=C(N)N)NNCC(=O)C(N)OCNC(=O)CN1CCN(CP(=O)(O)O)CCN(CP(=O)(O)O)CCN(CP(=O)(O)O)CC1. The molecular weight excluding hydrogens is 1740 g/mol. The van der Waals surface area contributed by atoms with E-state index in [4.69, 9.17) is 102 Å². The van der Waals surface area contributed by atoms with Crippen molar-refractivity contribution in [3.05, 3.63) is 0 Å². The molecule has 0 aromatic carbocycles. The minimum atomic E-state index is -4.70. The van der Waals surface area contributed by atoms with Crippen LogP contribution < -0.4 is 151 Å². The highest BCUT2D eigenvalue weighted by atomic mass is 31.2. The molecule has 1 heterocycles. The fraction of sp³-hybridized carbons (Fsp3) is 0.723. The van der Waals surface area contributed by atoms with Gasteiger partial charge in [0.05, 0.1) is 25.2 Å². The summed E-state index contributed by atoms with van der Waals surface area (Å²) < 4.78 is 41.7. The second kappa shape index (κ2) is 62.5. The number of nitrogens with one attached hydrogen (secondary N) is 10. The average molecular weight is 1880 g/mol. The number of aliphatic imine (C=N–C) groups is 8. The first kappa shape index (κ1) is 114. The van der Waals surface area contributed by atoms with Crippen molar-refractivity contribution >= 4 is 130 Å². The van der Waals surface area contributed by atoms with Gasteiger partial charge in [-0.2, -0.15) is 0 Å². The quantitative estimate of drug-likeness (QED) is 0.00511. The summed E-state index contributed by atoms with van der Waals surface area (Å²) >= 11 is 0. The van der Waals surface area contributed by atoms with E-state index >= 15 is 0 Å². The molecule has 1 aliphatic heterocycles. The van der Waals surface area contributed by atoms with Crippen LogP contribution in [0.25, 0.3) is 0 Å². The maximum absolute atomic E-state index is 15.0. The van der Waals surface area contributed by atoms with Crippen molar-refractivity contribution < 1.29 is 95.7 Å². The maximum Gasteiger partial charge on any atom is 0.339 e. The smallest absolute Gasteiger partial charge is 0.339 e. The van der Waals surface area contributed by atoms with Crippen LogP contribution in [-0.4, -0.2) is 354 Å². The van der Waals surface area contributed by atoms with Gasteiger partial charge in [-0.1, -0.05) is 0 Å². The number of ether oxygens (including phenoxy) is 1. The normalized spacial score (nSPS) is 15.4. The second-order valence-electron chi connectivity index (χ2n) is 29.1. The summed E-state index contributed by atoms with van der Waals surface area (Å²) in [4.78, 5) is 238. The third-order valence-corrected chi connectivity index (χ3v) is 20.3. The fourth-order valence-corrected chi connectivity index (χ4v) is 14.3. The van der Waals surface area contributed by atoms with Crippen LogP contribution in [0.15, 0.2) is 39.9 Å². The lowest BCUT2D eigenvalue weighted by Gasteiger charge is -2.34. The maximum atomic E-state index is 15.0. The van der Waals surface area contributed by atoms with Gasteiger partial charge in [-0.15, -0.1) is 0 Å². The van der Waals surface area contributed by atoms with Crippen molar-refractivity contribution in [2.45, 2.75) is 157 Å². The van der Waals surface area contributed by atoms with Crippen molar-refractivity contribution in [2.75, 3.05) is 143 Å². The number of nitrogens with zero attached hydrogens (tertiary/aromatic N) is 12. The van der Waals surface area contributed by atoms with Crippen molar-refractivity contribution in [1.29, 1.82) is 0 Å². The Hall–Kier alpha value is -10.6. The molecule has 1 unspecified atom stereocenters. The predicted molar refractivity (Wildman–Crippen MR) is 473 cm³/mol. The summed E-state index contributed by atoms with van der Waals surface area (Å²) in [5, 5.41) is 20.9. The molecule has 0 bridgehead atoms. The van der Waals surface area contributed by atoms with Gasteiger partial charge in [0, 0.05) is 105 Å². The highest BCUT2D eigenvalue weighted by Crippen LogP contribution is 2.38. The minimum Gasteiger partial charge on any atom is -0.370 e. The standard InChI is InChI=1S/C65H136N39O20P3/c66-50(124-36-91-49(107)34-101-25-27-102(37-125(115,116)117)29-31-104(39-127(121,122)123)32-30-103(28-26-101)38-126(118,119)120)48(106)33-92-100-47(16-8-24-90-65(81)82)57(114)99-46(15-7-23-89-64(79)80)56(113)98-45(14-6-22-88-63(77)78)55(112)97-44(13-5-21-87-62(75)76)54(111)96-43(12-4-20-86-61(73)74)53(110)95-42(11-3-19-85-60(71)72)52(109)94-41(10-2-18-84-59(69)70)51(108)93-40(35-105)9-1-17-83-58(67)68/h35,40-47,50,92,100H,1-34,36-39,66H2,(H,91,107)(H,93,108)(H,94,109)(H,95,110)(H,96,111)(H,97,112)(H,98,113)(H,99,114)(H4,67,68,83)(H4,69,70,84)(H4,71,72,85)(H4,73,74,86)(H4,75,76,87)(H4,77,78,88)(H4,79,80,89)(H4,81,82,90)(H2,115,116,117)(H2,118,119,120)(H2,121,122,123)/t40-,41+,42+,43+,44-,45+,46-,47+,50?/m0/s1. The molecule has 0 aromatic rings. The number of amides is 8. The van der Waals surface area contributed by atoms with E-state index in [-0.39, 0.29) is 255 Å². The zero-order valence-corrected chi connectivity index (χ0v) is 73.7. The van der Waals surface area contributed by atoms with Crippen LogP contribution in [0, 0.1) is 0 Å². The van der Waals surface area contributed by atoms with Crippen LogP contribution in [0.1, 0.15) is 103 Å². The van der Waals surface area contributed by atoms with E-state index in [2.05, 4.69) is 93.3 Å². The van der Waals surface area contributed by atoms with E-state index in [1.165, 1.54) is 19.6 Å². The molecule has 1 saturated heterocycles. The summed E-state index contributed by atoms with van der Waals surface area (Å²) in [6.45, 7) is -2.92. The van der Waals surface area contributed by atoms with E-state index in [0.717, 1.165) is 0 Å². The van der Waals surface area contributed by atoms with E-state index in [1.54, 1.807) is 0 Å². The molecule has 0 spiro atoms. The molecule has 50 N–H and O–H groups in total. The highest BCUT2D eigenvalue weighted by Gasteiger charge is 2.36. The number of guanidine groups is 8. The molecule has 9 atom stereocenters. The summed E-state index contributed by atoms with van der Waals surface area (Å²) in [5.74, 6) is -10.6. The van der Waals surface area contributed by atoms with E-state index < -0.39 is 169 Å². The van der Waals surface area contributed by atoms with Crippen LogP contribution in [0.3, 0.4) is 0 Å². The van der Waals surface area contributed by atoms with Gasteiger partial charge in [-0.05, 0) is 103 Å². The zero-order valence-electron chi connectivity index (χ0n) is 71.1. The minimum absolute atomic E-state index is 0.000849. The van der Waals surface area contributed by atoms with Gasteiger partial charge in [0.25, 0.3) is 0 Å². The molecule has 726 valence electrons. The fourth-order valence-electron chi connectivity index (χ4n) is 11.9. The molecular formula is C65H136N39O20P3. The number of hydrogen-bond donors (Lipinski definition) is 33. The molecule has 0 saturated carbocycles. The van der Waals surface area contributed by atoms with Gasteiger partial charge in [0.1, 0.15) is 68.1 Å². The van der Waals surface area contributed by atoms with Crippen molar-refractivity contribution in [3.8, 4) is 0 Å². The lowest BCUT2D eigenvalue weighted by molar-refractivity contribution is -0.136. The summed E-state index contributed by atoms with van der Waals surface area (Å²) in [6, 6.07) is -11.7. The van der Waals surface area contributed by atoms with E-state index in [0.29, 0.717) is 6.29 Å². The lowest BCUT2D eigenvalue weighted by Crippen LogP contribution is -2.60. The van der Waals surface area contributed by atoms with Gasteiger partial charge < -0.3 is 173 Å². The number of nitrogens with two attached hydrogens (primary N) is 17. The van der Waals surface area contributed by atoms with E-state index in [1.807, 2.05) is 0 Å². The first-order valence-corrected chi connectivity index (χ1v) is 45.6. The molecule has 1 rings (SSSR count). The Morgan fingerprint density at radius 2 is 0.559 bits per heavy atom. The number of Topliss-reactive ketones (excluding diaryl/α,β-unsaturated/α-hetero) is 1. The number of rotatable bonds is 63. The number of hydrazine groups is 1. The molecule has 0 aliphatic carbocycles. The molecule has 59 nitrogen and oxygen atoms in total. The third kappa shape index (κ3) is 59.1. The number of hydrogen-bond acceptors (Lipinski definition) is 29. The molecule has 1 aliphatic rings. The molecule has 1 fully saturated rings. The largest absolute Gasteiger partial charge is 0.370 e. The molecule has 8 amide bonds. The molecule has 0 aromatic heterocycles. The zero-order chi connectivity index (χ0) is 95.8. The van der Waals surface area contributed by atoms with Crippen LogP contribution in [0.5, 0.6) is 0 Å². The van der Waals surface area contributed by atoms with Crippen LogP contribution in [0.4, 0.5) is 0 Å². The van der Waals surface area contributed by atoms with Gasteiger partial charge >= 0.3 is 22.8 Å². The lowest BCUT2D eigenvalue weighted by atomic mass is 10.0. The number of aldehydes is 1. The Labute approximate surface area is 733 Å². The predicted octanol–water partition coefficient (Wildman–Crippen LogP) is -16.0. The molecule has 62 heteroatoms. The van der Waals surface area contributed by atoms with Crippen LogP contribution >= 0.6 is 22.8 Å². The van der Waals surface area contributed by atoms with Gasteiger partial charge in [0.15, 0.2) is 59.7 Å². The van der Waals surface area contributed by atoms with Crippen LogP contribution in [0.2, 0.25) is 0 Å². The summed E-state index contributed by atoms with van der Waals surface area (Å²) in [7, 11) is -14.1. The van der Waals surface area contributed by atoms with Gasteiger partial charge in [-0.25, -0.2) is 10.9 Å². The third-order valence-electron chi connectivity index (χ3n) is 18.0. The van der Waals surface area contributed by atoms with E-state index in [9.17, 15) is 91.0 Å². The average Bonchev–Trinajstić information content (AvgIpc) is 0.863. The monoisotopic (exact) mass is 1880 g/mol. The Morgan fingerprint density at radius 1 is 0.339 bits per heavy atom. The first-order valence-electron chi connectivity index (χ1n) is 40.2. The first-order chi connectivity index (χ1) is 59.5. The number of ketones is 1. The van der Waals surface area contributed by atoms with Crippen molar-refractivity contribution in [1.82, 2.24) is 73.0 Å². The second-order valence-corrected chi connectivity index (χ2v) is 33.9. The Balaban J connectivity index is 3.82. The molecule has 0 radical (unpaired) electrons. The van der Waals surface area contributed by atoms with Gasteiger partial charge in [-0.3, -0.25) is 122 Å². The number of carbonyl (C=O) groups is 10. The summed E-state index contributed by atoms with van der Waals surface area (Å²) in [5.41, 5.74) is 101. The Bertz CT molecular complexity index is 3780. The molecule has 127 heavy (non-hydrogen) atoms.